The lowest BCUT2D eigenvalue weighted by Crippen LogP contribution is -2.39. The molecule has 0 aromatic heterocycles. The van der Waals surface area contributed by atoms with Crippen molar-refractivity contribution in [2.24, 2.45) is 4.99 Å². The molecule has 2 atom stereocenters. The molecule has 0 saturated heterocycles. The van der Waals surface area contributed by atoms with Crippen LogP contribution in [0.25, 0.3) is 0 Å². The summed E-state index contributed by atoms with van der Waals surface area (Å²) in [4.78, 5) is 4.16. The summed E-state index contributed by atoms with van der Waals surface area (Å²) in [5.74, 6) is 0.818. The Kier molecular flexibility index (Phi) is 6.49. The molecular formula is C16H23F2N3S. The summed E-state index contributed by atoms with van der Waals surface area (Å²) in [7, 11) is 1.71. The normalized spacial score (nSPS) is 20.8. The first-order chi connectivity index (χ1) is 10.7. The van der Waals surface area contributed by atoms with E-state index in [1.54, 1.807) is 7.05 Å². The summed E-state index contributed by atoms with van der Waals surface area (Å²) in [5.41, 5.74) is 0.190. The number of nitrogens with one attached hydrogen (secondary N) is 2. The Balaban J connectivity index is 1.80. The molecular weight excluding hydrogens is 304 g/mol. The number of halogens is 2. The van der Waals surface area contributed by atoms with Crippen molar-refractivity contribution < 1.29 is 8.78 Å². The lowest BCUT2D eigenvalue weighted by Gasteiger charge is -2.12. The van der Waals surface area contributed by atoms with E-state index < -0.39 is 11.6 Å². The van der Waals surface area contributed by atoms with Crippen LogP contribution in [0.15, 0.2) is 23.2 Å². The van der Waals surface area contributed by atoms with Gasteiger partial charge in [-0.25, -0.2) is 8.78 Å². The lowest BCUT2D eigenvalue weighted by atomic mass is 10.1. The number of benzene rings is 1. The summed E-state index contributed by atoms with van der Waals surface area (Å²) in [6, 6.07) is 4.07. The smallest absolute Gasteiger partial charge is 0.191 e. The molecule has 0 heterocycles. The minimum absolute atomic E-state index is 0.0452. The van der Waals surface area contributed by atoms with Crippen LogP contribution in [0.1, 0.15) is 30.7 Å². The van der Waals surface area contributed by atoms with E-state index in [-0.39, 0.29) is 17.5 Å². The van der Waals surface area contributed by atoms with Crippen LogP contribution < -0.4 is 10.6 Å². The molecule has 2 N–H and O–H groups in total. The van der Waals surface area contributed by atoms with Crippen molar-refractivity contribution in [1.29, 1.82) is 0 Å². The molecule has 0 aliphatic heterocycles. The zero-order valence-corrected chi connectivity index (χ0v) is 13.9. The van der Waals surface area contributed by atoms with Crippen molar-refractivity contribution in [2.45, 2.75) is 31.2 Å². The maximum atomic E-state index is 13.7. The number of rotatable bonds is 7. The molecule has 1 saturated carbocycles. The molecule has 122 valence electrons. The van der Waals surface area contributed by atoms with Gasteiger partial charge in [-0.3, -0.25) is 4.99 Å². The molecule has 1 aromatic rings. The molecule has 0 amide bonds. The molecule has 0 radical (unpaired) electrons. The van der Waals surface area contributed by atoms with E-state index in [0.717, 1.165) is 31.6 Å². The van der Waals surface area contributed by atoms with Crippen LogP contribution in [0.2, 0.25) is 0 Å². The Labute approximate surface area is 135 Å². The summed E-state index contributed by atoms with van der Waals surface area (Å²) in [6.45, 7) is 0.853. The van der Waals surface area contributed by atoms with Crippen molar-refractivity contribution in [2.75, 3.05) is 25.6 Å². The van der Waals surface area contributed by atoms with Crippen LogP contribution in [0.5, 0.6) is 0 Å². The summed E-state index contributed by atoms with van der Waals surface area (Å²) in [6.07, 6.45) is 5.07. The summed E-state index contributed by atoms with van der Waals surface area (Å²) >= 11 is 1.84. The van der Waals surface area contributed by atoms with Crippen molar-refractivity contribution in [3.05, 3.63) is 35.4 Å². The van der Waals surface area contributed by atoms with Gasteiger partial charge in [0, 0.05) is 31.1 Å². The third-order valence-corrected chi connectivity index (χ3v) is 4.47. The van der Waals surface area contributed by atoms with E-state index in [9.17, 15) is 8.78 Å². The van der Waals surface area contributed by atoms with Gasteiger partial charge in [-0.2, -0.15) is 11.8 Å². The summed E-state index contributed by atoms with van der Waals surface area (Å²) in [5, 5.41) is 6.48. The van der Waals surface area contributed by atoms with Gasteiger partial charge < -0.3 is 10.6 Å². The van der Waals surface area contributed by atoms with Gasteiger partial charge in [-0.05, 0) is 43.4 Å². The third kappa shape index (κ3) is 4.60. The molecule has 22 heavy (non-hydrogen) atoms. The molecule has 2 unspecified atom stereocenters. The van der Waals surface area contributed by atoms with E-state index in [1.165, 1.54) is 18.2 Å². The number of unbranched alkanes of at least 4 members (excludes halogenated alkanes) is 1. The molecule has 1 aliphatic carbocycles. The minimum Gasteiger partial charge on any atom is -0.356 e. The highest BCUT2D eigenvalue weighted by Gasteiger charge is 2.42. The fraction of sp³-hybridized carbons (Fsp3) is 0.562. The highest BCUT2D eigenvalue weighted by atomic mass is 32.2. The standard InChI is InChI=1S/C16H23F2N3S/c1-19-16(20-8-3-4-9-22-2)21-14-10-11(14)15-12(17)6-5-7-13(15)18/h5-7,11,14H,3-4,8-10H2,1-2H3,(H2,19,20,21). The van der Waals surface area contributed by atoms with Crippen LogP contribution in [0.4, 0.5) is 8.78 Å². The van der Waals surface area contributed by atoms with Crippen LogP contribution in [0, 0.1) is 11.6 Å². The second kappa shape index (κ2) is 8.36. The molecule has 3 nitrogen and oxygen atoms in total. The largest absolute Gasteiger partial charge is 0.356 e. The zero-order chi connectivity index (χ0) is 15.9. The van der Waals surface area contributed by atoms with Crippen LogP contribution in [0.3, 0.4) is 0 Å². The monoisotopic (exact) mass is 327 g/mol. The number of hydrogen-bond donors (Lipinski definition) is 2. The van der Waals surface area contributed by atoms with Gasteiger partial charge in [0.25, 0.3) is 0 Å². The fourth-order valence-corrected chi connectivity index (χ4v) is 2.98. The van der Waals surface area contributed by atoms with Gasteiger partial charge >= 0.3 is 0 Å². The minimum atomic E-state index is -0.464. The Hall–Kier alpha value is -1.30. The second-order valence-corrected chi connectivity index (χ2v) is 6.41. The molecule has 0 spiro atoms. The number of nitrogens with zero attached hydrogens (tertiary/aromatic N) is 1. The third-order valence-electron chi connectivity index (χ3n) is 3.77. The van der Waals surface area contributed by atoms with Crippen LogP contribution in [-0.2, 0) is 0 Å². The molecule has 1 aliphatic rings. The molecule has 1 aromatic carbocycles. The average molecular weight is 327 g/mol. The maximum Gasteiger partial charge on any atom is 0.191 e. The van der Waals surface area contributed by atoms with E-state index >= 15 is 0 Å². The topological polar surface area (TPSA) is 36.4 Å². The van der Waals surface area contributed by atoms with Crippen molar-refractivity contribution in [3.63, 3.8) is 0 Å². The van der Waals surface area contributed by atoms with Crippen LogP contribution >= 0.6 is 11.8 Å². The highest BCUT2D eigenvalue weighted by molar-refractivity contribution is 7.98. The highest BCUT2D eigenvalue weighted by Crippen LogP contribution is 2.42. The Bertz CT molecular complexity index is 502. The van der Waals surface area contributed by atoms with Crippen LogP contribution in [-0.4, -0.2) is 37.6 Å². The summed E-state index contributed by atoms with van der Waals surface area (Å²) < 4.78 is 27.5. The van der Waals surface area contributed by atoms with E-state index in [2.05, 4.69) is 21.9 Å². The van der Waals surface area contributed by atoms with Crippen molar-refractivity contribution in [3.8, 4) is 0 Å². The molecule has 1 fully saturated rings. The number of aliphatic imine (C=N–C) groups is 1. The quantitative estimate of drug-likeness (QED) is 0.459. The van der Waals surface area contributed by atoms with E-state index in [1.807, 2.05) is 11.8 Å². The average Bonchev–Trinajstić information content (AvgIpc) is 3.24. The molecule has 2 rings (SSSR count). The van der Waals surface area contributed by atoms with Gasteiger partial charge in [-0.15, -0.1) is 0 Å². The van der Waals surface area contributed by atoms with Gasteiger partial charge in [0.2, 0.25) is 0 Å². The first kappa shape index (κ1) is 17.1. The lowest BCUT2D eigenvalue weighted by molar-refractivity contribution is 0.553. The number of guanidine groups is 1. The first-order valence-electron chi connectivity index (χ1n) is 7.57. The van der Waals surface area contributed by atoms with Crippen molar-refractivity contribution >= 4 is 17.7 Å². The predicted octanol–water partition coefficient (Wildman–Crippen LogP) is 3.13. The second-order valence-electron chi connectivity index (χ2n) is 5.43. The van der Waals surface area contributed by atoms with Crippen molar-refractivity contribution in [1.82, 2.24) is 10.6 Å². The van der Waals surface area contributed by atoms with E-state index in [4.69, 9.17) is 0 Å². The van der Waals surface area contributed by atoms with Gasteiger partial charge in [0.05, 0.1) is 0 Å². The number of hydrogen-bond acceptors (Lipinski definition) is 2. The predicted molar refractivity (Wildman–Crippen MR) is 89.6 cm³/mol. The fourth-order valence-electron chi connectivity index (χ4n) is 2.49. The first-order valence-corrected chi connectivity index (χ1v) is 8.96. The molecule has 6 heteroatoms. The Morgan fingerprint density at radius 3 is 2.68 bits per heavy atom. The number of thioether (sulfide) groups is 1. The molecule has 0 bridgehead atoms. The Morgan fingerprint density at radius 1 is 1.32 bits per heavy atom. The SMILES string of the molecule is CN=C(NCCCCSC)NC1CC1c1c(F)cccc1F. The van der Waals surface area contributed by atoms with Gasteiger partial charge in [-0.1, -0.05) is 6.07 Å². The Morgan fingerprint density at radius 2 is 2.05 bits per heavy atom. The van der Waals surface area contributed by atoms with Gasteiger partial charge in [0.15, 0.2) is 5.96 Å². The van der Waals surface area contributed by atoms with Gasteiger partial charge in [0.1, 0.15) is 11.6 Å². The zero-order valence-electron chi connectivity index (χ0n) is 13.0. The maximum absolute atomic E-state index is 13.7. The van der Waals surface area contributed by atoms with E-state index in [0.29, 0.717) is 5.96 Å².